The van der Waals surface area contributed by atoms with Gasteiger partial charge in [0.05, 0.1) is 19.6 Å². The molecule has 1 aromatic heterocycles. The fourth-order valence-corrected chi connectivity index (χ4v) is 6.51. The first-order valence-corrected chi connectivity index (χ1v) is 19.7. The molecule has 47 heavy (non-hydrogen) atoms. The van der Waals surface area contributed by atoms with Crippen molar-refractivity contribution in [3.05, 3.63) is 22.7 Å². The van der Waals surface area contributed by atoms with E-state index in [4.69, 9.17) is 13.8 Å². The Morgan fingerprint density at radius 1 is 0.851 bits per heavy atom. The lowest BCUT2D eigenvalue weighted by Crippen LogP contribution is -2.36. The van der Waals surface area contributed by atoms with Crippen LogP contribution in [0.25, 0.3) is 0 Å². The predicted molar refractivity (Wildman–Crippen MR) is 186 cm³/mol. The molecule has 1 aliphatic heterocycles. The van der Waals surface area contributed by atoms with Gasteiger partial charge in [-0.2, -0.15) is 4.98 Å². The summed E-state index contributed by atoms with van der Waals surface area (Å²) >= 11 is 0. The summed E-state index contributed by atoms with van der Waals surface area (Å²) in [4.78, 5) is 33.1. The largest absolute Gasteiger partial charge is 0.472 e. The molecule has 0 amide bonds. The summed E-state index contributed by atoms with van der Waals surface area (Å²) in [7, 11) is -4.39. The molecule has 2 rings (SSSR count). The molecule has 0 saturated carbocycles. The molecule has 0 bridgehead atoms. The maximum Gasteiger partial charge on any atom is 0.472 e. The van der Waals surface area contributed by atoms with E-state index < -0.39 is 44.7 Å². The number of ether oxygens (including phenoxy) is 1. The Morgan fingerprint density at radius 2 is 1.38 bits per heavy atom. The molecule has 1 saturated heterocycles. The maximum absolute atomic E-state index is 12.7. The lowest BCUT2D eigenvalue weighted by atomic mass is 10.0. The number of hydrogen-bond donors (Lipinski definition) is 3. The van der Waals surface area contributed by atoms with E-state index >= 15 is 0 Å². The number of phosphoric acid groups is 1. The number of nitrogens with zero attached hydrogens (tertiary/aromatic N) is 4. The summed E-state index contributed by atoms with van der Waals surface area (Å²) in [5.74, 6) is 0.207. The van der Waals surface area contributed by atoms with Crippen molar-refractivity contribution in [2.75, 3.05) is 26.3 Å². The molecule has 0 aromatic carbocycles. The van der Waals surface area contributed by atoms with Crippen molar-refractivity contribution in [2.24, 2.45) is 4.99 Å². The summed E-state index contributed by atoms with van der Waals surface area (Å²) in [5.41, 5.74) is -0.718. The van der Waals surface area contributed by atoms with Gasteiger partial charge in [-0.25, -0.2) is 14.4 Å². The molecule has 13 heteroatoms. The molecule has 5 atom stereocenters. The van der Waals surface area contributed by atoms with Gasteiger partial charge in [0.2, 0.25) is 0 Å². The smallest absolute Gasteiger partial charge is 0.387 e. The van der Waals surface area contributed by atoms with Crippen molar-refractivity contribution in [1.82, 2.24) is 14.5 Å². The minimum atomic E-state index is -4.39. The number of unbranched alkanes of at least 4 members (excludes halogenated alkanes) is 15. The number of aliphatic hydroxyl groups excluding tert-OH is 2. The second-order valence-electron chi connectivity index (χ2n) is 12.7. The quantitative estimate of drug-likeness (QED) is 0.0362. The van der Waals surface area contributed by atoms with E-state index in [9.17, 15) is 24.5 Å². The molecule has 1 fully saturated rings. The van der Waals surface area contributed by atoms with E-state index in [2.05, 4.69) is 30.7 Å². The van der Waals surface area contributed by atoms with Gasteiger partial charge in [-0.15, -0.1) is 0 Å². The number of aliphatic imine (C=N–C) groups is 1. The van der Waals surface area contributed by atoms with Crippen molar-refractivity contribution < 1.29 is 33.5 Å². The van der Waals surface area contributed by atoms with Crippen molar-refractivity contribution in [3.8, 4) is 0 Å². The predicted octanol–water partition coefficient (Wildman–Crippen LogP) is 7.04. The number of aromatic nitrogens is 2. The summed E-state index contributed by atoms with van der Waals surface area (Å²) in [6.07, 6.45) is 19.4. The molecular formula is C34H63N4O8P. The first kappa shape index (κ1) is 41.5. The minimum absolute atomic E-state index is 0.0795. The van der Waals surface area contributed by atoms with Gasteiger partial charge >= 0.3 is 13.5 Å². The normalized spacial score (nSPS) is 21.1. The van der Waals surface area contributed by atoms with Crippen molar-refractivity contribution in [3.63, 3.8) is 0 Å². The number of rotatable bonds is 28. The highest BCUT2D eigenvalue weighted by atomic mass is 31.2. The average molecular weight is 687 g/mol. The summed E-state index contributed by atoms with van der Waals surface area (Å²) < 4.78 is 29.2. The fourth-order valence-electron chi connectivity index (χ4n) is 5.74. The van der Waals surface area contributed by atoms with E-state index in [1.54, 1.807) is 6.34 Å². The van der Waals surface area contributed by atoms with Crippen molar-refractivity contribution in [1.29, 1.82) is 0 Å². The maximum atomic E-state index is 12.7. The highest BCUT2D eigenvalue weighted by Gasteiger charge is 2.45. The van der Waals surface area contributed by atoms with Gasteiger partial charge in [-0.3, -0.25) is 13.6 Å². The fraction of sp³-hybridized carbons (Fsp3) is 0.853. The van der Waals surface area contributed by atoms with Gasteiger partial charge in [-0.05, 0) is 25.3 Å². The van der Waals surface area contributed by atoms with Gasteiger partial charge in [0.1, 0.15) is 18.3 Å². The highest BCUT2D eigenvalue weighted by Crippen LogP contribution is 2.44. The SMILES string of the molecule is CCCCCCCCCCCCCCCCCCOP(=O)(O)OC[C@H]1O[C@@H](n2ccc(/N=C/N(CCC)CCC)nc2=O)C(O)[C@H]1O. The third-order valence-corrected chi connectivity index (χ3v) is 9.44. The number of hydrogen-bond acceptors (Lipinski definition) is 9. The molecule has 12 nitrogen and oxygen atoms in total. The van der Waals surface area contributed by atoms with Crippen molar-refractivity contribution >= 4 is 20.0 Å². The zero-order valence-corrected chi connectivity index (χ0v) is 30.1. The molecular weight excluding hydrogens is 623 g/mol. The minimum Gasteiger partial charge on any atom is -0.387 e. The zero-order chi connectivity index (χ0) is 34.3. The van der Waals surface area contributed by atoms with E-state index in [-0.39, 0.29) is 12.4 Å². The van der Waals surface area contributed by atoms with Crippen LogP contribution in [0.1, 0.15) is 143 Å². The van der Waals surface area contributed by atoms with Crippen molar-refractivity contribution in [2.45, 2.75) is 161 Å². The van der Waals surface area contributed by atoms with Gasteiger partial charge in [-0.1, -0.05) is 117 Å². The Labute approximate surface area is 282 Å². The first-order valence-electron chi connectivity index (χ1n) is 18.2. The van der Waals surface area contributed by atoms with E-state index in [0.29, 0.717) is 6.42 Å². The van der Waals surface area contributed by atoms with Crippen LogP contribution in [0.4, 0.5) is 5.82 Å². The van der Waals surface area contributed by atoms with Crippen LogP contribution in [0.2, 0.25) is 0 Å². The molecule has 0 radical (unpaired) electrons. The first-order chi connectivity index (χ1) is 22.7. The summed E-state index contributed by atoms with van der Waals surface area (Å²) in [6, 6.07) is 1.51. The van der Waals surface area contributed by atoms with Crippen LogP contribution in [0.15, 0.2) is 22.1 Å². The Morgan fingerprint density at radius 3 is 1.89 bits per heavy atom. The Bertz CT molecular complexity index is 1080. The third-order valence-electron chi connectivity index (χ3n) is 8.46. The second-order valence-corrected chi connectivity index (χ2v) is 14.2. The topological polar surface area (TPSA) is 156 Å². The standard InChI is InChI=1S/C34H63N4O8P/c1-4-7-8-9-10-11-12-13-14-15-16-17-18-19-20-21-26-44-47(42,43)45-27-29-31(39)32(40)33(46-29)38-25-22-30(36-34(38)41)35-28-37(23-5-2)24-6-3/h22,25,28-29,31-33,39-40H,4-21,23-24,26-27H2,1-3H3,(H,42,43)/b35-28+/t29-,31+,32?,33-/m1/s1. The Balaban J connectivity index is 1.61. The molecule has 2 heterocycles. The number of phosphoric ester groups is 1. The Kier molecular flexibility index (Phi) is 21.6. The van der Waals surface area contributed by atoms with Crippen LogP contribution in [0.3, 0.4) is 0 Å². The van der Waals surface area contributed by atoms with Gasteiger partial charge in [0.25, 0.3) is 0 Å². The molecule has 0 spiro atoms. The molecule has 0 aliphatic carbocycles. The number of aliphatic hydroxyl groups is 2. The van der Waals surface area contributed by atoms with Crippen LogP contribution in [-0.2, 0) is 18.3 Å². The summed E-state index contributed by atoms with van der Waals surface area (Å²) in [6.45, 7) is 7.65. The van der Waals surface area contributed by atoms with Crippen LogP contribution in [-0.4, -0.2) is 80.5 Å². The zero-order valence-electron chi connectivity index (χ0n) is 29.2. The molecule has 272 valence electrons. The monoisotopic (exact) mass is 686 g/mol. The molecule has 1 aromatic rings. The highest BCUT2D eigenvalue weighted by molar-refractivity contribution is 7.47. The van der Waals surface area contributed by atoms with Crippen LogP contribution in [0, 0.1) is 0 Å². The molecule has 2 unspecified atom stereocenters. The van der Waals surface area contributed by atoms with E-state index in [1.165, 1.54) is 89.3 Å². The third kappa shape index (κ3) is 17.0. The lowest BCUT2D eigenvalue weighted by molar-refractivity contribution is -0.0551. The van der Waals surface area contributed by atoms with Gasteiger partial charge < -0.3 is 24.7 Å². The molecule has 3 N–H and O–H groups in total. The van der Waals surface area contributed by atoms with Crippen LogP contribution >= 0.6 is 7.82 Å². The second kappa shape index (κ2) is 24.5. The Hall–Kier alpha value is -1.66. The van der Waals surface area contributed by atoms with Crippen LogP contribution < -0.4 is 5.69 Å². The average Bonchev–Trinajstić information content (AvgIpc) is 3.33. The van der Waals surface area contributed by atoms with E-state index in [0.717, 1.165) is 49.8 Å². The molecule has 1 aliphatic rings. The van der Waals surface area contributed by atoms with E-state index in [1.807, 2.05) is 4.90 Å². The summed E-state index contributed by atoms with van der Waals surface area (Å²) in [5, 5.41) is 21.0. The van der Waals surface area contributed by atoms with Crippen LogP contribution in [0.5, 0.6) is 0 Å². The van der Waals surface area contributed by atoms with Gasteiger partial charge in [0, 0.05) is 19.3 Å². The lowest BCUT2D eigenvalue weighted by Gasteiger charge is -2.18. The van der Waals surface area contributed by atoms with Gasteiger partial charge in [0.15, 0.2) is 12.0 Å².